The average molecular weight is 284 g/mol. The second-order valence-electron chi connectivity index (χ2n) is 4.84. The van der Waals surface area contributed by atoms with Gasteiger partial charge in [0.15, 0.2) is 0 Å². The minimum absolute atomic E-state index is 0.166. The van der Waals surface area contributed by atoms with Crippen LogP contribution in [0.2, 0.25) is 0 Å². The maximum absolute atomic E-state index is 12.0. The standard InChI is InChI=1S/C13H20N2O3S/c1-4-14-13(11(16)17-3)6-5-10(7-13)19-12-15-9(2)8-18-12/h8,10,14H,4-7H2,1-3H3. The molecule has 1 saturated carbocycles. The van der Waals surface area contributed by atoms with Crippen molar-refractivity contribution in [1.29, 1.82) is 0 Å². The minimum atomic E-state index is -0.539. The quantitative estimate of drug-likeness (QED) is 0.836. The largest absolute Gasteiger partial charge is 0.468 e. The van der Waals surface area contributed by atoms with Gasteiger partial charge in [-0.2, -0.15) is 0 Å². The summed E-state index contributed by atoms with van der Waals surface area (Å²) >= 11 is 1.60. The zero-order chi connectivity index (χ0) is 13.9. The van der Waals surface area contributed by atoms with E-state index in [1.165, 1.54) is 7.11 Å². The SMILES string of the molecule is CCNC1(C(=O)OC)CCC(Sc2nc(C)co2)C1. The molecule has 1 aromatic rings. The number of methoxy groups -OCH3 is 1. The highest BCUT2D eigenvalue weighted by molar-refractivity contribution is 7.99. The molecule has 1 aliphatic rings. The molecule has 2 rings (SSSR count). The Morgan fingerprint density at radius 3 is 3.11 bits per heavy atom. The van der Waals surface area contributed by atoms with E-state index >= 15 is 0 Å². The number of ether oxygens (including phenoxy) is 1. The molecule has 0 bridgehead atoms. The highest BCUT2D eigenvalue weighted by Gasteiger charge is 2.46. The van der Waals surface area contributed by atoms with E-state index in [0.29, 0.717) is 10.5 Å². The van der Waals surface area contributed by atoms with Crippen molar-refractivity contribution >= 4 is 17.7 Å². The number of hydrogen-bond acceptors (Lipinski definition) is 6. The molecular formula is C13H20N2O3S. The van der Waals surface area contributed by atoms with E-state index in [4.69, 9.17) is 9.15 Å². The van der Waals surface area contributed by atoms with Crippen LogP contribution >= 0.6 is 11.8 Å². The van der Waals surface area contributed by atoms with Crippen LogP contribution in [0.1, 0.15) is 31.9 Å². The molecule has 5 nitrogen and oxygen atoms in total. The summed E-state index contributed by atoms with van der Waals surface area (Å²) in [6.45, 7) is 4.66. The van der Waals surface area contributed by atoms with Crippen molar-refractivity contribution in [2.45, 2.75) is 49.1 Å². The van der Waals surface area contributed by atoms with Crippen LogP contribution in [-0.2, 0) is 9.53 Å². The molecule has 1 fully saturated rings. The van der Waals surface area contributed by atoms with Gasteiger partial charge < -0.3 is 14.5 Å². The molecule has 0 radical (unpaired) electrons. The van der Waals surface area contributed by atoms with Gasteiger partial charge in [-0.05, 0) is 32.7 Å². The molecule has 0 spiro atoms. The van der Waals surface area contributed by atoms with Crippen molar-refractivity contribution in [2.24, 2.45) is 0 Å². The number of hydrogen-bond donors (Lipinski definition) is 1. The third-order valence-electron chi connectivity index (χ3n) is 3.43. The summed E-state index contributed by atoms with van der Waals surface area (Å²) < 4.78 is 10.3. The van der Waals surface area contributed by atoms with Crippen molar-refractivity contribution < 1.29 is 13.9 Å². The fourth-order valence-electron chi connectivity index (χ4n) is 2.58. The van der Waals surface area contributed by atoms with Crippen LogP contribution in [0, 0.1) is 6.92 Å². The van der Waals surface area contributed by atoms with Crippen molar-refractivity contribution in [3.05, 3.63) is 12.0 Å². The Morgan fingerprint density at radius 2 is 2.53 bits per heavy atom. The lowest BCUT2D eigenvalue weighted by Gasteiger charge is -2.27. The van der Waals surface area contributed by atoms with E-state index in [2.05, 4.69) is 10.3 Å². The maximum Gasteiger partial charge on any atom is 0.326 e. The lowest BCUT2D eigenvalue weighted by atomic mass is 9.98. The van der Waals surface area contributed by atoms with Gasteiger partial charge in [0.2, 0.25) is 0 Å². The van der Waals surface area contributed by atoms with Gasteiger partial charge in [-0.3, -0.25) is 4.79 Å². The summed E-state index contributed by atoms with van der Waals surface area (Å²) in [5.74, 6) is -0.166. The number of aromatic nitrogens is 1. The van der Waals surface area contributed by atoms with E-state index in [1.807, 2.05) is 13.8 Å². The number of rotatable bonds is 5. The van der Waals surface area contributed by atoms with Gasteiger partial charge in [0, 0.05) is 5.25 Å². The molecule has 106 valence electrons. The third kappa shape index (κ3) is 3.12. The predicted molar refractivity (Wildman–Crippen MR) is 73.2 cm³/mol. The van der Waals surface area contributed by atoms with Gasteiger partial charge in [0.1, 0.15) is 11.8 Å². The Morgan fingerprint density at radius 1 is 1.74 bits per heavy atom. The highest BCUT2D eigenvalue weighted by atomic mass is 32.2. The molecular weight excluding hydrogens is 264 g/mol. The van der Waals surface area contributed by atoms with Crippen LogP contribution in [0.5, 0.6) is 0 Å². The lowest BCUT2D eigenvalue weighted by molar-refractivity contribution is -0.148. The summed E-state index contributed by atoms with van der Waals surface area (Å²) in [5.41, 5.74) is 0.342. The molecule has 0 amide bonds. The monoisotopic (exact) mass is 284 g/mol. The van der Waals surface area contributed by atoms with E-state index in [0.717, 1.165) is 31.5 Å². The molecule has 2 unspecified atom stereocenters. The van der Waals surface area contributed by atoms with Gasteiger partial charge in [0.25, 0.3) is 5.22 Å². The molecule has 6 heteroatoms. The summed E-state index contributed by atoms with van der Waals surface area (Å²) in [5, 5.41) is 4.30. The maximum atomic E-state index is 12.0. The number of carbonyl (C=O) groups is 1. The van der Waals surface area contributed by atoms with Crippen molar-refractivity contribution in [3.63, 3.8) is 0 Å². The van der Waals surface area contributed by atoms with Crippen LogP contribution in [0.3, 0.4) is 0 Å². The van der Waals surface area contributed by atoms with Gasteiger partial charge in [-0.25, -0.2) is 4.98 Å². The fourth-order valence-corrected chi connectivity index (χ4v) is 3.77. The topological polar surface area (TPSA) is 64.4 Å². The van der Waals surface area contributed by atoms with E-state index in [9.17, 15) is 4.79 Å². The number of esters is 1. The van der Waals surface area contributed by atoms with Crippen LogP contribution in [0.25, 0.3) is 0 Å². The van der Waals surface area contributed by atoms with Crippen molar-refractivity contribution in [3.8, 4) is 0 Å². The van der Waals surface area contributed by atoms with Gasteiger partial charge in [-0.1, -0.05) is 18.7 Å². The van der Waals surface area contributed by atoms with Crippen molar-refractivity contribution in [1.82, 2.24) is 10.3 Å². The smallest absolute Gasteiger partial charge is 0.326 e. The fraction of sp³-hybridized carbons (Fsp3) is 0.692. The third-order valence-corrected chi connectivity index (χ3v) is 4.55. The van der Waals surface area contributed by atoms with Gasteiger partial charge in [-0.15, -0.1) is 0 Å². The lowest BCUT2D eigenvalue weighted by Crippen LogP contribution is -2.50. The molecule has 0 saturated heterocycles. The minimum Gasteiger partial charge on any atom is -0.468 e. The number of thioether (sulfide) groups is 1. The summed E-state index contributed by atoms with van der Waals surface area (Å²) in [6, 6.07) is 0. The number of likely N-dealkylation sites (N-methyl/N-ethyl adjacent to an activating group) is 1. The number of carbonyl (C=O) groups excluding carboxylic acids is 1. The number of nitrogens with zero attached hydrogens (tertiary/aromatic N) is 1. The average Bonchev–Trinajstić information content (AvgIpc) is 2.97. The Hall–Kier alpha value is -1.01. The van der Waals surface area contributed by atoms with Gasteiger partial charge >= 0.3 is 5.97 Å². The first kappa shape index (κ1) is 14.4. The molecule has 19 heavy (non-hydrogen) atoms. The first-order valence-electron chi connectivity index (χ1n) is 6.52. The van der Waals surface area contributed by atoms with Crippen molar-refractivity contribution in [2.75, 3.05) is 13.7 Å². The van der Waals surface area contributed by atoms with Crippen LogP contribution in [-0.4, -0.2) is 35.4 Å². The summed E-state index contributed by atoms with van der Waals surface area (Å²) in [7, 11) is 1.44. The van der Waals surface area contributed by atoms with Crippen LogP contribution in [0.15, 0.2) is 15.9 Å². The number of oxazole rings is 1. The zero-order valence-corrected chi connectivity index (χ0v) is 12.4. The Labute approximate surface area is 117 Å². The second-order valence-corrected chi connectivity index (χ2v) is 6.09. The summed E-state index contributed by atoms with van der Waals surface area (Å²) in [4.78, 5) is 16.3. The molecule has 1 N–H and O–H groups in total. The molecule has 2 atom stereocenters. The number of nitrogens with one attached hydrogen (secondary N) is 1. The zero-order valence-electron chi connectivity index (χ0n) is 11.6. The van der Waals surface area contributed by atoms with E-state index in [-0.39, 0.29) is 5.97 Å². The Kier molecular flexibility index (Phi) is 4.52. The Bertz CT molecular complexity index is 449. The molecule has 1 heterocycles. The molecule has 1 aromatic heterocycles. The normalized spacial score (nSPS) is 26.6. The molecule has 0 aliphatic heterocycles. The van der Waals surface area contributed by atoms with E-state index in [1.54, 1.807) is 18.0 Å². The second kappa shape index (κ2) is 5.96. The highest BCUT2D eigenvalue weighted by Crippen LogP contribution is 2.40. The van der Waals surface area contributed by atoms with Crippen LogP contribution < -0.4 is 5.32 Å². The first-order chi connectivity index (χ1) is 9.09. The van der Waals surface area contributed by atoms with Gasteiger partial charge in [0.05, 0.1) is 12.8 Å². The Balaban J connectivity index is 2.02. The number of aryl methyl sites for hydroxylation is 1. The summed E-state index contributed by atoms with van der Waals surface area (Å²) in [6.07, 6.45) is 4.15. The molecule has 1 aliphatic carbocycles. The first-order valence-corrected chi connectivity index (χ1v) is 7.40. The molecule has 0 aromatic carbocycles. The van der Waals surface area contributed by atoms with Crippen LogP contribution in [0.4, 0.5) is 0 Å². The predicted octanol–water partition coefficient (Wildman–Crippen LogP) is 2.15. The van der Waals surface area contributed by atoms with E-state index < -0.39 is 5.54 Å².